The molecule has 132 valence electrons. The van der Waals surface area contributed by atoms with Gasteiger partial charge in [-0.05, 0) is 35.8 Å². The largest absolute Gasteiger partial charge is 0.462 e. The Kier molecular flexibility index (Phi) is 5.06. The smallest absolute Gasteiger partial charge is 0.348 e. The van der Waals surface area contributed by atoms with Crippen LogP contribution in [0.2, 0.25) is 0 Å². The first kappa shape index (κ1) is 17.8. The van der Waals surface area contributed by atoms with Crippen molar-refractivity contribution in [2.75, 3.05) is 12.0 Å². The number of Topliss-reactive ketones (excluding diaryl/α,β-unsaturated/α-hetero) is 1. The maximum Gasteiger partial charge on any atom is 0.348 e. The quantitative estimate of drug-likeness (QED) is 0.471. The second-order valence-corrected chi connectivity index (χ2v) is 8.66. The highest BCUT2D eigenvalue weighted by molar-refractivity contribution is 7.18. The molecule has 0 aromatic carbocycles. The molecule has 0 fully saturated rings. The third-order valence-electron chi connectivity index (χ3n) is 3.94. The molecule has 1 aliphatic rings. The number of thiophene rings is 2. The zero-order valence-electron chi connectivity index (χ0n) is 14.4. The lowest BCUT2D eigenvalue weighted by molar-refractivity contribution is 0.0530. The molecule has 0 atom stereocenters. The number of fused-ring (bicyclic) bond motifs is 1. The molecule has 5 nitrogen and oxygen atoms in total. The number of anilines is 1. The molecule has 1 aliphatic carbocycles. The molecule has 0 spiro atoms. The molecule has 7 heteroatoms. The third kappa shape index (κ3) is 3.82. The Labute approximate surface area is 154 Å². The summed E-state index contributed by atoms with van der Waals surface area (Å²) in [5.74, 6) is -0.323. The standard InChI is InChI=1S/C18H20N2O3S2/c1-4-23-17(22)15-12-8-18(2,3)9-13(21)14(12)16(25-15)20-19-10-11-6-5-7-24-11/h5-7,10,20H,4,8-9H2,1-3H3/b19-10-. The van der Waals surface area contributed by atoms with E-state index in [-0.39, 0.29) is 17.2 Å². The van der Waals surface area contributed by atoms with Crippen LogP contribution >= 0.6 is 22.7 Å². The lowest BCUT2D eigenvalue weighted by Gasteiger charge is -2.29. The Morgan fingerprint density at radius 3 is 2.92 bits per heavy atom. The van der Waals surface area contributed by atoms with E-state index in [1.165, 1.54) is 11.3 Å². The van der Waals surface area contributed by atoms with Gasteiger partial charge in [-0.25, -0.2) is 4.79 Å². The van der Waals surface area contributed by atoms with Crippen LogP contribution in [0.1, 0.15) is 57.7 Å². The van der Waals surface area contributed by atoms with E-state index >= 15 is 0 Å². The first-order chi connectivity index (χ1) is 11.9. The van der Waals surface area contributed by atoms with Crippen molar-refractivity contribution in [2.24, 2.45) is 10.5 Å². The van der Waals surface area contributed by atoms with Gasteiger partial charge in [0.2, 0.25) is 0 Å². The van der Waals surface area contributed by atoms with Crippen LogP contribution in [-0.2, 0) is 11.2 Å². The van der Waals surface area contributed by atoms with E-state index in [1.54, 1.807) is 24.5 Å². The zero-order valence-corrected chi connectivity index (χ0v) is 16.1. The molecule has 3 rings (SSSR count). The molecule has 0 aliphatic heterocycles. The van der Waals surface area contributed by atoms with Crippen molar-refractivity contribution in [3.63, 3.8) is 0 Å². The molecule has 0 saturated carbocycles. The van der Waals surface area contributed by atoms with Crippen LogP contribution in [-0.4, -0.2) is 24.6 Å². The Balaban J connectivity index is 1.95. The first-order valence-electron chi connectivity index (χ1n) is 8.10. The summed E-state index contributed by atoms with van der Waals surface area (Å²) >= 11 is 2.83. The molecule has 1 N–H and O–H groups in total. The molecule has 0 bridgehead atoms. The van der Waals surface area contributed by atoms with Crippen LogP contribution in [0.4, 0.5) is 5.00 Å². The van der Waals surface area contributed by atoms with Gasteiger partial charge in [-0.2, -0.15) is 5.10 Å². The molecule has 2 aromatic rings. The highest BCUT2D eigenvalue weighted by atomic mass is 32.1. The van der Waals surface area contributed by atoms with Crippen LogP contribution in [0.15, 0.2) is 22.6 Å². The van der Waals surface area contributed by atoms with Crippen molar-refractivity contribution in [3.05, 3.63) is 38.4 Å². The summed E-state index contributed by atoms with van der Waals surface area (Å²) in [6.07, 6.45) is 2.84. The van der Waals surface area contributed by atoms with Crippen molar-refractivity contribution in [1.29, 1.82) is 0 Å². The van der Waals surface area contributed by atoms with Crippen molar-refractivity contribution >= 4 is 45.6 Å². The number of esters is 1. The molecular formula is C18H20N2O3S2. The fourth-order valence-electron chi connectivity index (χ4n) is 2.95. The monoisotopic (exact) mass is 376 g/mol. The fraction of sp³-hybridized carbons (Fsp3) is 0.389. The fourth-order valence-corrected chi connectivity index (χ4v) is 4.62. The summed E-state index contributed by atoms with van der Waals surface area (Å²) in [6, 6.07) is 3.90. The van der Waals surface area contributed by atoms with Crippen LogP contribution in [0.5, 0.6) is 0 Å². The molecule has 0 radical (unpaired) electrons. The first-order valence-corrected chi connectivity index (χ1v) is 9.79. The average Bonchev–Trinajstić information content (AvgIpc) is 3.14. The van der Waals surface area contributed by atoms with Gasteiger partial charge in [0, 0.05) is 11.3 Å². The van der Waals surface area contributed by atoms with Crippen LogP contribution < -0.4 is 5.43 Å². The maximum absolute atomic E-state index is 12.7. The zero-order chi connectivity index (χ0) is 18.0. The van der Waals surface area contributed by atoms with E-state index in [0.29, 0.717) is 34.9 Å². The van der Waals surface area contributed by atoms with Crippen LogP contribution in [0.25, 0.3) is 0 Å². The molecular weight excluding hydrogens is 356 g/mol. The van der Waals surface area contributed by atoms with Gasteiger partial charge in [0.05, 0.1) is 18.4 Å². The highest BCUT2D eigenvalue weighted by Gasteiger charge is 2.37. The SMILES string of the molecule is CCOC(=O)c1sc(N/N=C\c2cccs2)c2c1CC(C)(C)CC2=O. The molecule has 25 heavy (non-hydrogen) atoms. The second-order valence-electron chi connectivity index (χ2n) is 6.66. The number of hydrazone groups is 1. The Morgan fingerprint density at radius 1 is 1.44 bits per heavy atom. The van der Waals surface area contributed by atoms with Crippen LogP contribution in [0.3, 0.4) is 0 Å². The third-order valence-corrected chi connectivity index (χ3v) is 5.87. The number of ketones is 1. The number of nitrogens with one attached hydrogen (secondary N) is 1. The average molecular weight is 377 g/mol. The van der Waals surface area contributed by atoms with Gasteiger partial charge in [-0.3, -0.25) is 10.2 Å². The number of carbonyl (C=O) groups excluding carboxylic acids is 2. The van der Waals surface area contributed by atoms with E-state index in [2.05, 4.69) is 10.5 Å². The second kappa shape index (κ2) is 7.09. The molecule has 2 aromatic heterocycles. The minimum absolute atomic E-state index is 0.0480. The predicted molar refractivity (Wildman–Crippen MR) is 102 cm³/mol. The summed E-state index contributed by atoms with van der Waals surface area (Å²) in [7, 11) is 0. The van der Waals surface area contributed by atoms with Crippen molar-refractivity contribution in [1.82, 2.24) is 0 Å². The minimum Gasteiger partial charge on any atom is -0.462 e. The van der Waals surface area contributed by atoms with E-state index < -0.39 is 0 Å². The topological polar surface area (TPSA) is 67.8 Å². The molecule has 2 heterocycles. The summed E-state index contributed by atoms with van der Waals surface area (Å²) in [5.41, 5.74) is 4.17. The molecule has 0 saturated heterocycles. The Hall–Kier alpha value is -1.99. The van der Waals surface area contributed by atoms with Gasteiger partial charge in [0.15, 0.2) is 5.78 Å². The molecule has 0 amide bonds. The Bertz CT molecular complexity index is 820. The number of carbonyl (C=O) groups is 2. The van der Waals surface area contributed by atoms with Crippen molar-refractivity contribution in [2.45, 2.75) is 33.6 Å². The number of hydrogen-bond acceptors (Lipinski definition) is 7. The van der Waals surface area contributed by atoms with Gasteiger partial charge in [0.25, 0.3) is 0 Å². The van der Waals surface area contributed by atoms with Gasteiger partial charge in [-0.15, -0.1) is 22.7 Å². The highest BCUT2D eigenvalue weighted by Crippen LogP contribution is 2.44. The lowest BCUT2D eigenvalue weighted by atomic mass is 9.74. The lowest BCUT2D eigenvalue weighted by Crippen LogP contribution is -2.27. The normalized spacial score (nSPS) is 16.0. The summed E-state index contributed by atoms with van der Waals surface area (Å²) < 4.78 is 5.17. The van der Waals surface area contributed by atoms with Gasteiger partial charge >= 0.3 is 5.97 Å². The Morgan fingerprint density at radius 2 is 2.24 bits per heavy atom. The van der Waals surface area contributed by atoms with E-state index in [4.69, 9.17) is 4.74 Å². The molecule has 0 unspecified atom stereocenters. The van der Waals surface area contributed by atoms with E-state index in [9.17, 15) is 9.59 Å². The van der Waals surface area contributed by atoms with Crippen molar-refractivity contribution < 1.29 is 14.3 Å². The minimum atomic E-state index is -0.371. The summed E-state index contributed by atoms with van der Waals surface area (Å²) in [4.78, 5) is 26.5. The number of ether oxygens (including phenoxy) is 1. The van der Waals surface area contributed by atoms with E-state index in [0.717, 1.165) is 10.4 Å². The van der Waals surface area contributed by atoms with E-state index in [1.807, 2.05) is 31.4 Å². The van der Waals surface area contributed by atoms with Gasteiger partial charge in [0.1, 0.15) is 9.88 Å². The maximum atomic E-state index is 12.7. The number of rotatable bonds is 5. The van der Waals surface area contributed by atoms with Gasteiger partial charge < -0.3 is 4.74 Å². The van der Waals surface area contributed by atoms with Crippen LogP contribution in [0, 0.1) is 5.41 Å². The number of nitrogens with zero attached hydrogens (tertiary/aromatic N) is 1. The summed E-state index contributed by atoms with van der Waals surface area (Å²) in [6.45, 7) is 6.17. The predicted octanol–water partition coefficient (Wildman–Crippen LogP) is 4.59. The number of hydrogen-bond donors (Lipinski definition) is 1. The van der Waals surface area contributed by atoms with Gasteiger partial charge in [-0.1, -0.05) is 19.9 Å². The van der Waals surface area contributed by atoms with Crippen molar-refractivity contribution in [3.8, 4) is 0 Å². The summed E-state index contributed by atoms with van der Waals surface area (Å²) in [5, 5.41) is 6.81.